The number of carbonyl (C=O) groups is 1. The Kier molecular flexibility index (Phi) is 5.43. The largest absolute Gasteiger partial charge is 0.337 e. The molecule has 0 N–H and O–H groups in total. The number of aromatic nitrogens is 1. The lowest BCUT2D eigenvalue weighted by Crippen LogP contribution is -2.35. The predicted molar refractivity (Wildman–Crippen MR) is 91.4 cm³/mol. The van der Waals surface area contributed by atoms with Crippen LogP contribution in [0.25, 0.3) is 0 Å². The molecule has 1 aliphatic rings. The lowest BCUT2D eigenvalue weighted by Gasteiger charge is -2.22. The quantitative estimate of drug-likeness (QED) is 0.800. The number of hydrogen-bond acceptors (Lipinski definition) is 3. The van der Waals surface area contributed by atoms with Crippen molar-refractivity contribution in [1.29, 1.82) is 0 Å². The first-order valence-electron chi connectivity index (χ1n) is 7.99. The molecule has 1 aliphatic heterocycles. The minimum Gasteiger partial charge on any atom is -0.337 e. The number of pyridine rings is 1. The molecule has 2 aromatic rings. The highest BCUT2D eigenvalue weighted by atomic mass is 35.5. The Morgan fingerprint density at radius 2 is 1.88 bits per heavy atom. The molecular weight excluding hydrogens is 329 g/mol. The fourth-order valence-corrected chi connectivity index (χ4v) is 2.98. The van der Waals surface area contributed by atoms with Gasteiger partial charge in [-0.2, -0.15) is 0 Å². The van der Waals surface area contributed by atoms with E-state index in [1.54, 1.807) is 12.1 Å². The molecule has 0 bridgehead atoms. The topological polar surface area (TPSA) is 36.4 Å². The third-order valence-electron chi connectivity index (χ3n) is 4.17. The Morgan fingerprint density at radius 3 is 2.58 bits per heavy atom. The van der Waals surface area contributed by atoms with Gasteiger partial charge in [0.05, 0.1) is 5.56 Å². The van der Waals surface area contributed by atoms with Crippen molar-refractivity contribution in [2.75, 3.05) is 26.2 Å². The zero-order chi connectivity index (χ0) is 16.9. The van der Waals surface area contributed by atoms with E-state index in [2.05, 4.69) is 9.88 Å². The number of carbonyl (C=O) groups excluding carboxylic acids is 1. The van der Waals surface area contributed by atoms with Crippen LogP contribution >= 0.6 is 11.6 Å². The minimum atomic E-state index is -0.219. The van der Waals surface area contributed by atoms with Gasteiger partial charge in [0.2, 0.25) is 0 Å². The number of amides is 1. The van der Waals surface area contributed by atoms with Crippen LogP contribution in [-0.2, 0) is 6.54 Å². The molecule has 3 rings (SSSR count). The molecule has 126 valence electrons. The second-order valence-electron chi connectivity index (χ2n) is 5.92. The average molecular weight is 348 g/mol. The summed E-state index contributed by atoms with van der Waals surface area (Å²) in [7, 11) is 0. The normalized spacial score (nSPS) is 16.0. The maximum absolute atomic E-state index is 13.0. The fraction of sp³-hybridized carbons (Fsp3) is 0.333. The van der Waals surface area contributed by atoms with Gasteiger partial charge >= 0.3 is 0 Å². The van der Waals surface area contributed by atoms with Crippen LogP contribution in [0.15, 0.2) is 42.6 Å². The third kappa shape index (κ3) is 4.30. The van der Waals surface area contributed by atoms with E-state index >= 15 is 0 Å². The van der Waals surface area contributed by atoms with Crippen molar-refractivity contribution >= 4 is 17.5 Å². The molecule has 1 saturated heterocycles. The monoisotopic (exact) mass is 347 g/mol. The Hall–Kier alpha value is -1.98. The molecule has 0 spiro atoms. The van der Waals surface area contributed by atoms with Crippen molar-refractivity contribution in [3.05, 3.63) is 64.7 Å². The van der Waals surface area contributed by atoms with Crippen LogP contribution in [0.1, 0.15) is 22.3 Å². The van der Waals surface area contributed by atoms with Gasteiger partial charge in [0.15, 0.2) is 0 Å². The standard InChI is InChI=1S/C18H19ClFN3O/c19-17-7-4-15(12-21-17)18(24)23-9-1-8-22(10-11-23)13-14-2-5-16(20)6-3-14/h2-7,12H,1,8-11,13H2. The molecule has 0 saturated carbocycles. The molecule has 1 aromatic heterocycles. The van der Waals surface area contributed by atoms with E-state index in [0.29, 0.717) is 17.3 Å². The second-order valence-corrected chi connectivity index (χ2v) is 6.31. The lowest BCUT2D eigenvalue weighted by atomic mass is 10.2. The molecule has 0 aliphatic carbocycles. The van der Waals surface area contributed by atoms with Gasteiger partial charge in [-0.15, -0.1) is 0 Å². The summed E-state index contributed by atoms with van der Waals surface area (Å²) < 4.78 is 13.0. The summed E-state index contributed by atoms with van der Waals surface area (Å²) in [4.78, 5) is 20.7. The predicted octanol–water partition coefficient (Wildman–Crippen LogP) is 3.22. The highest BCUT2D eigenvalue weighted by molar-refractivity contribution is 6.29. The molecule has 4 nitrogen and oxygen atoms in total. The van der Waals surface area contributed by atoms with Crippen molar-refractivity contribution in [2.24, 2.45) is 0 Å². The van der Waals surface area contributed by atoms with Gasteiger partial charge < -0.3 is 4.90 Å². The first-order valence-corrected chi connectivity index (χ1v) is 8.37. The van der Waals surface area contributed by atoms with Gasteiger partial charge in [-0.1, -0.05) is 23.7 Å². The van der Waals surface area contributed by atoms with E-state index in [9.17, 15) is 9.18 Å². The molecule has 1 aromatic carbocycles. The van der Waals surface area contributed by atoms with E-state index in [1.165, 1.54) is 18.3 Å². The van der Waals surface area contributed by atoms with Gasteiger partial charge in [-0.25, -0.2) is 9.37 Å². The highest BCUT2D eigenvalue weighted by Crippen LogP contribution is 2.13. The smallest absolute Gasteiger partial charge is 0.255 e. The van der Waals surface area contributed by atoms with E-state index in [1.807, 2.05) is 17.0 Å². The van der Waals surface area contributed by atoms with Gasteiger partial charge in [0.1, 0.15) is 11.0 Å². The summed E-state index contributed by atoms with van der Waals surface area (Å²) in [5.74, 6) is -0.231. The average Bonchev–Trinajstić information content (AvgIpc) is 2.83. The Labute approximate surface area is 145 Å². The van der Waals surface area contributed by atoms with Crippen LogP contribution in [0, 0.1) is 5.82 Å². The first-order chi connectivity index (χ1) is 11.6. The molecule has 1 amide bonds. The Balaban J connectivity index is 1.59. The number of rotatable bonds is 3. The van der Waals surface area contributed by atoms with Gasteiger partial charge in [0.25, 0.3) is 5.91 Å². The van der Waals surface area contributed by atoms with Gasteiger partial charge in [0, 0.05) is 38.9 Å². The van der Waals surface area contributed by atoms with Crippen LogP contribution in [0.5, 0.6) is 0 Å². The summed E-state index contributed by atoms with van der Waals surface area (Å²) >= 11 is 5.77. The van der Waals surface area contributed by atoms with Gasteiger partial charge in [-0.05, 0) is 36.2 Å². The SMILES string of the molecule is O=C(c1ccc(Cl)nc1)N1CCCN(Cc2ccc(F)cc2)CC1. The minimum absolute atomic E-state index is 0.0113. The third-order valence-corrected chi connectivity index (χ3v) is 4.39. The molecule has 6 heteroatoms. The van der Waals surface area contributed by atoms with Crippen molar-refractivity contribution < 1.29 is 9.18 Å². The second kappa shape index (κ2) is 7.73. The molecule has 2 heterocycles. The molecule has 1 fully saturated rings. The maximum atomic E-state index is 13.0. The molecule has 24 heavy (non-hydrogen) atoms. The van der Waals surface area contributed by atoms with E-state index in [-0.39, 0.29) is 11.7 Å². The van der Waals surface area contributed by atoms with Gasteiger partial charge in [-0.3, -0.25) is 9.69 Å². The van der Waals surface area contributed by atoms with Crippen LogP contribution in [-0.4, -0.2) is 46.9 Å². The Morgan fingerprint density at radius 1 is 1.08 bits per heavy atom. The van der Waals surface area contributed by atoms with Crippen molar-refractivity contribution in [1.82, 2.24) is 14.8 Å². The molecule has 0 atom stereocenters. The lowest BCUT2D eigenvalue weighted by molar-refractivity contribution is 0.0760. The zero-order valence-corrected chi connectivity index (χ0v) is 14.0. The fourth-order valence-electron chi connectivity index (χ4n) is 2.87. The summed E-state index contributed by atoms with van der Waals surface area (Å²) in [5, 5.41) is 0.382. The first kappa shape index (κ1) is 16.9. The molecule has 0 radical (unpaired) electrons. The van der Waals surface area contributed by atoms with E-state index in [4.69, 9.17) is 11.6 Å². The molecule has 0 unspecified atom stereocenters. The summed E-state index contributed by atoms with van der Waals surface area (Å²) in [6.45, 7) is 3.87. The van der Waals surface area contributed by atoms with E-state index < -0.39 is 0 Å². The summed E-state index contributed by atoms with van der Waals surface area (Å²) in [6, 6.07) is 9.92. The van der Waals surface area contributed by atoms with Crippen LogP contribution in [0.3, 0.4) is 0 Å². The van der Waals surface area contributed by atoms with Crippen molar-refractivity contribution in [3.63, 3.8) is 0 Å². The maximum Gasteiger partial charge on any atom is 0.255 e. The van der Waals surface area contributed by atoms with E-state index in [0.717, 1.165) is 38.2 Å². The summed E-state index contributed by atoms with van der Waals surface area (Å²) in [6.07, 6.45) is 2.43. The van der Waals surface area contributed by atoms with Crippen LogP contribution in [0.2, 0.25) is 5.15 Å². The number of hydrogen-bond donors (Lipinski definition) is 0. The van der Waals surface area contributed by atoms with Crippen LogP contribution in [0.4, 0.5) is 4.39 Å². The zero-order valence-electron chi connectivity index (χ0n) is 13.3. The number of benzene rings is 1. The Bertz CT molecular complexity index is 690. The number of nitrogens with zero attached hydrogens (tertiary/aromatic N) is 3. The van der Waals surface area contributed by atoms with Crippen molar-refractivity contribution in [3.8, 4) is 0 Å². The van der Waals surface area contributed by atoms with Crippen LogP contribution < -0.4 is 0 Å². The summed E-state index contributed by atoms with van der Waals surface area (Å²) in [5.41, 5.74) is 1.64. The number of halogens is 2. The van der Waals surface area contributed by atoms with Crippen molar-refractivity contribution in [2.45, 2.75) is 13.0 Å². The molecular formula is C18H19ClFN3O. The highest BCUT2D eigenvalue weighted by Gasteiger charge is 2.20.